The van der Waals surface area contributed by atoms with Crippen LogP contribution in [0.5, 0.6) is 5.75 Å². The summed E-state index contributed by atoms with van der Waals surface area (Å²) in [6, 6.07) is 9.97. The smallest absolute Gasteiger partial charge is 0.271 e. The molecule has 6 heteroatoms. The van der Waals surface area contributed by atoms with E-state index in [9.17, 15) is 9.90 Å². The van der Waals surface area contributed by atoms with Crippen LogP contribution in [0.25, 0.3) is 0 Å². The van der Waals surface area contributed by atoms with Gasteiger partial charge in [-0.1, -0.05) is 21.9 Å². The summed E-state index contributed by atoms with van der Waals surface area (Å²) in [5.74, 6) is 2.15. The number of nitrogens with zero attached hydrogens (tertiary/aromatic N) is 1. The van der Waals surface area contributed by atoms with E-state index >= 15 is 0 Å². The minimum atomic E-state index is -0.367. The Labute approximate surface area is 144 Å². The summed E-state index contributed by atoms with van der Waals surface area (Å²) in [5.41, 5.74) is 3.99. The molecule has 1 amide bonds. The number of carbonyl (C=O) groups excluding carboxylic acids is 1. The van der Waals surface area contributed by atoms with Crippen molar-refractivity contribution in [3.8, 4) is 18.1 Å². The molecule has 0 fully saturated rings. The summed E-state index contributed by atoms with van der Waals surface area (Å²) in [6.45, 7) is 0. The number of aromatic hydroxyl groups is 1. The van der Waals surface area contributed by atoms with Gasteiger partial charge in [-0.2, -0.15) is 5.10 Å². The highest BCUT2D eigenvalue weighted by molar-refractivity contribution is 9.11. The third-order valence-corrected chi connectivity index (χ3v) is 3.80. The van der Waals surface area contributed by atoms with Gasteiger partial charge in [0.25, 0.3) is 5.91 Å². The zero-order chi connectivity index (χ0) is 16.1. The fourth-order valence-electron chi connectivity index (χ4n) is 1.63. The number of hydrogen-bond acceptors (Lipinski definition) is 3. The number of terminal acetylenes is 1. The molecule has 22 heavy (non-hydrogen) atoms. The Bertz CT molecular complexity index is 778. The maximum Gasteiger partial charge on any atom is 0.271 e. The first-order valence-corrected chi connectivity index (χ1v) is 7.68. The lowest BCUT2D eigenvalue weighted by molar-refractivity contribution is 0.0955. The number of rotatable bonds is 3. The molecule has 0 aliphatic heterocycles. The summed E-state index contributed by atoms with van der Waals surface area (Å²) in [7, 11) is 0. The van der Waals surface area contributed by atoms with E-state index < -0.39 is 0 Å². The molecule has 0 saturated carbocycles. The van der Waals surface area contributed by atoms with E-state index in [0.717, 1.165) is 4.47 Å². The van der Waals surface area contributed by atoms with Crippen LogP contribution >= 0.6 is 31.9 Å². The Morgan fingerprint density at radius 3 is 2.59 bits per heavy atom. The summed E-state index contributed by atoms with van der Waals surface area (Å²) in [4.78, 5) is 11.9. The first kappa shape index (κ1) is 16.3. The molecule has 0 unspecified atom stereocenters. The van der Waals surface area contributed by atoms with Gasteiger partial charge in [-0.25, -0.2) is 5.43 Å². The third kappa shape index (κ3) is 3.97. The Hall–Kier alpha value is -2.10. The van der Waals surface area contributed by atoms with E-state index in [1.165, 1.54) is 6.21 Å². The number of amides is 1. The van der Waals surface area contributed by atoms with Crippen molar-refractivity contribution in [2.24, 2.45) is 5.10 Å². The monoisotopic (exact) mass is 420 g/mol. The van der Waals surface area contributed by atoms with Gasteiger partial charge in [0.05, 0.1) is 10.7 Å². The standard InChI is InChI=1S/C16H10Br2N2O2/c1-2-10-3-5-11(6-4-10)16(22)20-19-9-12-7-13(17)8-14(18)15(12)21/h1,3-9,21H,(H,20,22)/b19-9-. The molecule has 2 rings (SSSR count). The van der Waals surface area contributed by atoms with Gasteiger partial charge >= 0.3 is 0 Å². The lowest BCUT2D eigenvalue weighted by Crippen LogP contribution is -2.17. The Kier molecular flexibility index (Phi) is 5.36. The van der Waals surface area contributed by atoms with Crippen molar-refractivity contribution < 1.29 is 9.90 Å². The number of phenols is 1. The summed E-state index contributed by atoms with van der Waals surface area (Å²) < 4.78 is 1.30. The number of hydrazone groups is 1. The molecule has 2 N–H and O–H groups in total. The lowest BCUT2D eigenvalue weighted by Gasteiger charge is -2.03. The Balaban J connectivity index is 2.09. The number of benzene rings is 2. The minimum Gasteiger partial charge on any atom is -0.506 e. The van der Waals surface area contributed by atoms with E-state index in [4.69, 9.17) is 6.42 Å². The van der Waals surface area contributed by atoms with E-state index in [-0.39, 0.29) is 11.7 Å². The highest BCUT2D eigenvalue weighted by Crippen LogP contribution is 2.30. The van der Waals surface area contributed by atoms with Crippen molar-refractivity contribution >= 4 is 44.0 Å². The molecule has 2 aromatic carbocycles. The first-order chi connectivity index (χ1) is 10.5. The zero-order valence-corrected chi connectivity index (χ0v) is 14.3. The van der Waals surface area contributed by atoms with Crippen molar-refractivity contribution in [2.45, 2.75) is 0 Å². The fraction of sp³-hybridized carbons (Fsp3) is 0. The normalized spacial score (nSPS) is 10.4. The molecule has 110 valence electrons. The molecule has 0 heterocycles. The van der Waals surface area contributed by atoms with Crippen LogP contribution in [-0.2, 0) is 0 Å². The summed E-state index contributed by atoms with van der Waals surface area (Å²) in [6.07, 6.45) is 6.61. The van der Waals surface area contributed by atoms with Crippen molar-refractivity contribution in [3.63, 3.8) is 0 Å². The van der Waals surface area contributed by atoms with Crippen LogP contribution < -0.4 is 5.43 Å². The van der Waals surface area contributed by atoms with E-state index in [2.05, 4.69) is 48.3 Å². The maximum atomic E-state index is 11.9. The van der Waals surface area contributed by atoms with Crippen LogP contribution in [0.4, 0.5) is 0 Å². The molecule has 4 nitrogen and oxygen atoms in total. The lowest BCUT2D eigenvalue weighted by atomic mass is 10.1. The third-order valence-electron chi connectivity index (χ3n) is 2.74. The molecular formula is C16H10Br2N2O2. The first-order valence-electron chi connectivity index (χ1n) is 6.09. The van der Waals surface area contributed by atoms with Crippen LogP contribution in [0.15, 0.2) is 50.4 Å². The van der Waals surface area contributed by atoms with E-state index in [0.29, 0.717) is 21.2 Å². The van der Waals surface area contributed by atoms with Crippen molar-refractivity contribution in [3.05, 3.63) is 62.0 Å². The van der Waals surface area contributed by atoms with Gasteiger partial charge in [0.2, 0.25) is 0 Å². The quantitative estimate of drug-likeness (QED) is 0.451. The predicted octanol–water partition coefficient (Wildman–Crippen LogP) is 3.66. The fourth-order valence-corrected chi connectivity index (χ4v) is 2.89. The zero-order valence-electron chi connectivity index (χ0n) is 11.2. The van der Waals surface area contributed by atoms with Crippen LogP contribution in [-0.4, -0.2) is 17.2 Å². The molecular weight excluding hydrogens is 412 g/mol. The molecule has 0 aromatic heterocycles. The second kappa shape index (κ2) is 7.25. The average Bonchev–Trinajstić information content (AvgIpc) is 2.51. The Morgan fingerprint density at radius 2 is 1.95 bits per heavy atom. The molecule has 0 bridgehead atoms. The molecule has 0 atom stereocenters. The second-order valence-corrected chi connectivity index (χ2v) is 6.02. The van der Waals surface area contributed by atoms with Gasteiger partial charge in [0, 0.05) is 21.2 Å². The van der Waals surface area contributed by atoms with Crippen LogP contribution in [0.1, 0.15) is 21.5 Å². The van der Waals surface area contributed by atoms with Gasteiger partial charge in [-0.3, -0.25) is 4.79 Å². The SMILES string of the molecule is C#Cc1ccc(C(=O)N/N=C\c2cc(Br)cc(Br)c2O)cc1. The van der Waals surface area contributed by atoms with Crippen LogP contribution in [0.2, 0.25) is 0 Å². The molecule has 0 aliphatic rings. The second-order valence-electron chi connectivity index (χ2n) is 4.25. The molecule has 0 saturated heterocycles. The molecule has 0 aliphatic carbocycles. The van der Waals surface area contributed by atoms with Gasteiger partial charge in [-0.05, 0) is 52.3 Å². The van der Waals surface area contributed by atoms with E-state index in [1.54, 1.807) is 36.4 Å². The van der Waals surface area contributed by atoms with E-state index in [1.807, 2.05) is 0 Å². The average molecular weight is 422 g/mol. The van der Waals surface area contributed by atoms with Gasteiger partial charge in [0.1, 0.15) is 5.75 Å². The minimum absolute atomic E-state index is 0.0413. The Morgan fingerprint density at radius 1 is 1.27 bits per heavy atom. The molecule has 2 aromatic rings. The summed E-state index contributed by atoms with van der Waals surface area (Å²) >= 11 is 6.53. The number of halogens is 2. The van der Waals surface area contributed by atoms with Crippen molar-refractivity contribution in [1.82, 2.24) is 5.43 Å². The topological polar surface area (TPSA) is 61.7 Å². The molecule has 0 spiro atoms. The van der Waals surface area contributed by atoms with Crippen LogP contribution in [0.3, 0.4) is 0 Å². The number of carbonyl (C=O) groups is 1. The van der Waals surface area contributed by atoms with Crippen LogP contribution in [0, 0.1) is 12.3 Å². The van der Waals surface area contributed by atoms with Gasteiger partial charge in [-0.15, -0.1) is 6.42 Å². The number of nitrogens with one attached hydrogen (secondary N) is 1. The number of hydrogen-bond donors (Lipinski definition) is 2. The number of phenolic OH excluding ortho intramolecular Hbond substituents is 1. The largest absolute Gasteiger partial charge is 0.506 e. The summed E-state index contributed by atoms with van der Waals surface area (Å²) in [5, 5.41) is 13.7. The van der Waals surface area contributed by atoms with Gasteiger partial charge < -0.3 is 5.11 Å². The highest BCUT2D eigenvalue weighted by Gasteiger charge is 2.06. The highest BCUT2D eigenvalue weighted by atomic mass is 79.9. The van der Waals surface area contributed by atoms with Crippen molar-refractivity contribution in [1.29, 1.82) is 0 Å². The van der Waals surface area contributed by atoms with Crippen molar-refractivity contribution in [2.75, 3.05) is 0 Å². The predicted molar refractivity (Wildman–Crippen MR) is 92.9 cm³/mol. The van der Waals surface area contributed by atoms with Gasteiger partial charge in [0.15, 0.2) is 0 Å². The molecule has 0 radical (unpaired) electrons. The maximum absolute atomic E-state index is 11.9.